The van der Waals surface area contributed by atoms with Gasteiger partial charge in [0.1, 0.15) is 0 Å². The number of aliphatic hydroxyl groups excluding tert-OH is 1. The summed E-state index contributed by atoms with van der Waals surface area (Å²) >= 11 is 0. The van der Waals surface area contributed by atoms with Crippen LogP contribution in [0.25, 0.3) is 0 Å². The first-order chi connectivity index (χ1) is 6.40. The summed E-state index contributed by atoms with van der Waals surface area (Å²) in [5.41, 5.74) is 5.70. The molecular formula is C10H21NO3. The normalized spacial score (nSPS) is 17.6. The Labute approximate surface area is 85.4 Å². The first-order valence-corrected chi connectivity index (χ1v) is 5.04. The van der Waals surface area contributed by atoms with Gasteiger partial charge < -0.3 is 15.6 Å². The zero-order valence-corrected chi connectivity index (χ0v) is 9.36. The number of carbonyl (C=O) groups excluding carboxylic acids is 1. The molecule has 0 aliphatic carbocycles. The molecule has 0 saturated carbocycles. The predicted molar refractivity (Wildman–Crippen MR) is 54.7 cm³/mol. The van der Waals surface area contributed by atoms with Crippen molar-refractivity contribution in [2.75, 3.05) is 0 Å². The Morgan fingerprint density at radius 2 is 1.93 bits per heavy atom. The van der Waals surface area contributed by atoms with Gasteiger partial charge in [-0.2, -0.15) is 0 Å². The van der Waals surface area contributed by atoms with Crippen LogP contribution >= 0.6 is 0 Å². The maximum atomic E-state index is 11.3. The second kappa shape index (κ2) is 5.98. The van der Waals surface area contributed by atoms with Crippen molar-refractivity contribution in [2.45, 2.75) is 52.4 Å². The maximum absolute atomic E-state index is 11.3. The lowest BCUT2D eigenvalue weighted by Crippen LogP contribution is -2.46. The Morgan fingerprint density at radius 3 is 2.29 bits per heavy atom. The van der Waals surface area contributed by atoms with E-state index in [1.54, 1.807) is 13.8 Å². The number of aliphatic hydroxyl groups is 1. The van der Waals surface area contributed by atoms with Gasteiger partial charge in [-0.3, -0.25) is 0 Å². The molecule has 3 N–H and O–H groups in total. The van der Waals surface area contributed by atoms with Crippen LogP contribution in [-0.4, -0.2) is 29.3 Å². The van der Waals surface area contributed by atoms with E-state index in [0.29, 0.717) is 0 Å². The van der Waals surface area contributed by atoms with E-state index in [9.17, 15) is 9.90 Å². The van der Waals surface area contributed by atoms with Gasteiger partial charge in [0.05, 0.1) is 6.10 Å². The molecule has 0 saturated heterocycles. The summed E-state index contributed by atoms with van der Waals surface area (Å²) in [7, 11) is 0. The summed E-state index contributed by atoms with van der Waals surface area (Å²) in [6, 6.07) is -0.550. The first-order valence-electron chi connectivity index (χ1n) is 5.04. The van der Waals surface area contributed by atoms with E-state index in [-0.39, 0.29) is 12.0 Å². The molecular weight excluding hydrogens is 182 g/mol. The van der Waals surface area contributed by atoms with Crippen LogP contribution in [0.2, 0.25) is 0 Å². The van der Waals surface area contributed by atoms with Gasteiger partial charge in [0.25, 0.3) is 0 Å². The molecule has 4 heteroatoms. The average molecular weight is 203 g/mol. The van der Waals surface area contributed by atoms with Crippen LogP contribution in [0.3, 0.4) is 0 Å². The van der Waals surface area contributed by atoms with Crippen LogP contribution in [0, 0.1) is 5.92 Å². The SMILES string of the molecule is CCC(C)[C@H](N)C(O)C(=O)OC(C)C. The number of rotatable bonds is 5. The van der Waals surface area contributed by atoms with E-state index < -0.39 is 18.1 Å². The molecule has 2 unspecified atom stereocenters. The Bertz CT molecular complexity index is 182. The van der Waals surface area contributed by atoms with Gasteiger partial charge in [-0.05, 0) is 19.8 Å². The van der Waals surface area contributed by atoms with Crippen LogP contribution in [0.15, 0.2) is 0 Å². The Morgan fingerprint density at radius 1 is 1.43 bits per heavy atom. The van der Waals surface area contributed by atoms with Crippen molar-refractivity contribution in [3.63, 3.8) is 0 Å². The Kier molecular flexibility index (Phi) is 5.72. The lowest BCUT2D eigenvalue weighted by atomic mass is 9.95. The molecule has 0 spiro atoms. The van der Waals surface area contributed by atoms with Gasteiger partial charge in [0, 0.05) is 6.04 Å². The smallest absolute Gasteiger partial charge is 0.336 e. The van der Waals surface area contributed by atoms with Gasteiger partial charge in [0.15, 0.2) is 6.10 Å². The zero-order chi connectivity index (χ0) is 11.3. The number of hydrogen-bond donors (Lipinski definition) is 2. The average Bonchev–Trinajstić information content (AvgIpc) is 2.13. The molecule has 0 bridgehead atoms. The summed E-state index contributed by atoms with van der Waals surface area (Å²) in [5, 5.41) is 9.54. The highest BCUT2D eigenvalue weighted by Crippen LogP contribution is 2.10. The zero-order valence-electron chi connectivity index (χ0n) is 9.36. The topological polar surface area (TPSA) is 72.5 Å². The molecule has 0 fully saturated rings. The second-order valence-corrected chi connectivity index (χ2v) is 3.89. The van der Waals surface area contributed by atoms with Gasteiger partial charge >= 0.3 is 5.97 Å². The number of hydrogen-bond acceptors (Lipinski definition) is 4. The maximum Gasteiger partial charge on any atom is 0.336 e. The summed E-state index contributed by atoms with van der Waals surface area (Å²) in [5.74, 6) is -0.530. The molecule has 0 heterocycles. The summed E-state index contributed by atoms with van der Waals surface area (Å²) < 4.78 is 4.86. The van der Waals surface area contributed by atoms with Crippen molar-refractivity contribution in [3.8, 4) is 0 Å². The summed E-state index contributed by atoms with van der Waals surface area (Å²) in [6.07, 6.45) is -0.610. The highest BCUT2D eigenvalue weighted by atomic mass is 16.6. The quantitative estimate of drug-likeness (QED) is 0.644. The molecule has 0 aromatic heterocycles. The van der Waals surface area contributed by atoms with Gasteiger partial charge in [-0.25, -0.2) is 4.79 Å². The molecule has 0 aliphatic heterocycles. The summed E-state index contributed by atoms with van der Waals surface area (Å²) in [4.78, 5) is 11.3. The molecule has 0 amide bonds. The number of carbonyl (C=O) groups is 1. The molecule has 0 aromatic rings. The molecule has 84 valence electrons. The fourth-order valence-electron chi connectivity index (χ4n) is 1.04. The van der Waals surface area contributed by atoms with Gasteiger partial charge in [0.2, 0.25) is 0 Å². The Hall–Kier alpha value is -0.610. The number of nitrogens with two attached hydrogens (primary N) is 1. The van der Waals surface area contributed by atoms with Crippen molar-refractivity contribution >= 4 is 5.97 Å². The van der Waals surface area contributed by atoms with Crippen LogP contribution in [0.5, 0.6) is 0 Å². The first kappa shape index (κ1) is 13.4. The molecule has 0 rings (SSSR count). The van der Waals surface area contributed by atoms with E-state index >= 15 is 0 Å². The Balaban J connectivity index is 4.16. The standard InChI is InChI=1S/C10H21NO3/c1-5-7(4)8(11)9(12)10(13)14-6(2)3/h6-9,12H,5,11H2,1-4H3/t7?,8-,9?/m0/s1. The van der Waals surface area contributed by atoms with Crippen molar-refractivity contribution in [3.05, 3.63) is 0 Å². The van der Waals surface area contributed by atoms with Gasteiger partial charge in [-0.1, -0.05) is 20.3 Å². The van der Waals surface area contributed by atoms with E-state index in [4.69, 9.17) is 10.5 Å². The molecule has 14 heavy (non-hydrogen) atoms. The molecule has 0 aromatic carbocycles. The lowest BCUT2D eigenvalue weighted by molar-refractivity contribution is -0.159. The van der Waals surface area contributed by atoms with Crippen molar-refractivity contribution in [2.24, 2.45) is 11.7 Å². The van der Waals surface area contributed by atoms with Crippen molar-refractivity contribution in [1.29, 1.82) is 0 Å². The van der Waals surface area contributed by atoms with E-state index in [2.05, 4.69) is 0 Å². The van der Waals surface area contributed by atoms with E-state index in [1.165, 1.54) is 0 Å². The number of ether oxygens (including phenoxy) is 1. The third kappa shape index (κ3) is 4.07. The van der Waals surface area contributed by atoms with E-state index in [0.717, 1.165) is 6.42 Å². The van der Waals surface area contributed by atoms with Crippen LogP contribution in [0.4, 0.5) is 0 Å². The van der Waals surface area contributed by atoms with Crippen molar-refractivity contribution in [1.82, 2.24) is 0 Å². The van der Waals surface area contributed by atoms with Crippen molar-refractivity contribution < 1.29 is 14.6 Å². The lowest BCUT2D eigenvalue weighted by Gasteiger charge is -2.23. The second-order valence-electron chi connectivity index (χ2n) is 3.89. The fourth-order valence-corrected chi connectivity index (χ4v) is 1.04. The van der Waals surface area contributed by atoms with Crippen LogP contribution in [-0.2, 0) is 9.53 Å². The minimum Gasteiger partial charge on any atom is -0.461 e. The van der Waals surface area contributed by atoms with E-state index in [1.807, 2.05) is 13.8 Å². The van der Waals surface area contributed by atoms with Crippen LogP contribution in [0.1, 0.15) is 34.1 Å². The minimum absolute atomic E-state index is 0.102. The monoisotopic (exact) mass is 203 g/mol. The highest BCUT2D eigenvalue weighted by Gasteiger charge is 2.28. The van der Waals surface area contributed by atoms with Gasteiger partial charge in [-0.15, -0.1) is 0 Å². The molecule has 0 aliphatic rings. The molecule has 0 radical (unpaired) electrons. The highest BCUT2D eigenvalue weighted by molar-refractivity contribution is 5.75. The molecule has 3 atom stereocenters. The third-order valence-electron chi connectivity index (χ3n) is 2.26. The largest absolute Gasteiger partial charge is 0.461 e. The third-order valence-corrected chi connectivity index (χ3v) is 2.26. The molecule has 4 nitrogen and oxygen atoms in total. The predicted octanol–water partition coefficient (Wildman–Crippen LogP) is 0.672. The summed E-state index contributed by atoms with van der Waals surface area (Å²) in [6.45, 7) is 7.33. The fraction of sp³-hybridized carbons (Fsp3) is 0.900. The minimum atomic E-state index is -1.22. The van der Waals surface area contributed by atoms with Crippen LogP contribution < -0.4 is 5.73 Å². The number of esters is 1.